The largest absolute Gasteiger partial charge is 0.457 e. The van der Waals surface area contributed by atoms with Crippen LogP contribution in [0.3, 0.4) is 0 Å². The van der Waals surface area contributed by atoms with Crippen LogP contribution in [0.5, 0.6) is 0 Å². The zero-order valence-electron chi connectivity index (χ0n) is 23.3. The molecule has 0 aliphatic heterocycles. The number of fused-ring (bicyclic) bond motifs is 3. The summed E-state index contributed by atoms with van der Waals surface area (Å²) in [5.41, 5.74) is -3.24. The van der Waals surface area contributed by atoms with Gasteiger partial charge in [0.05, 0.1) is 22.6 Å². The summed E-state index contributed by atoms with van der Waals surface area (Å²) in [4.78, 5) is 25.8. The molecule has 0 saturated heterocycles. The fourth-order valence-corrected chi connectivity index (χ4v) is 8.09. The maximum atomic E-state index is 13.0. The molecule has 6 rings (SSSR count). The van der Waals surface area contributed by atoms with Gasteiger partial charge in [-0.2, -0.15) is 0 Å². The van der Waals surface area contributed by atoms with Gasteiger partial charge >= 0.3 is 11.9 Å². The number of hydrogen-bond donors (Lipinski definition) is 4. The Labute approximate surface area is 238 Å². The van der Waals surface area contributed by atoms with E-state index in [2.05, 4.69) is 13.8 Å². The van der Waals surface area contributed by atoms with Crippen molar-refractivity contribution in [2.45, 2.75) is 51.1 Å². The monoisotopic (exact) mass is 560 g/mol. The topological polar surface area (TPSA) is 134 Å². The van der Waals surface area contributed by atoms with Crippen LogP contribution < -0.4 is 0 Å². The summed E-state index contributed by atoms with van der Waals surface area (Å²) < 4.78 is 11.2. The molecule has 41 heavy (non-hydrogen) atoms. The average Bonchev–Trinajstić information content (AvgIpc) is 3.47. The molecule has 2 unspecified atom stereocenters. The number of ether oxygens (including phenoxy) is 2. The van der Waals surface area contributed by atoms with Crippen molar-refractivity contribution in [2.75, 3.05) is 6.61 Å². The van der Waals surface area contributed by atoms with Gasteiger partial charge in [-0.05, 0) is 65.5 Å². The molecule has 2 fully saturated rings. The molecular weight excluding hydrogens is 524 g/mol. The van der Waals surface area contributed by atoms with E-state index in [0.717, 1.165) is 0 Å². The Bertz CT molecular complexity index is 1420. The molecule has 0 amide bonds. The molecule has 8 nitrogen and oxygen atoms in total. The molecule has 2 aromatic rings. The van der Waals surface area contributed by atoms with Crippen LogP contribution in [0.15, 0.2) is 84.1 Å². The van der Waals surface area contributed by atoms with Crippen LogP contribution in [0.1, 0.15) is 47.9 Å². The minimum atomic E-state index is -2.36. The summed E-state index contributed by atoms with van der Waals surface area (Å²) in [6.07, 6.45) is -0.961. The lowest BCUT2D eigenvalue weighted by atomic mass is 9.58. The number of esters is 2. The number of carbonyl (C=O) groups is 2. The van der Waals surface area contributed by atoms with Crippen LogP contribution in [0.4, 0.5) is 0 Å². The molecule has 2 aromatic carbocycles. The highest BCUT2D eigenvalue weighted by atomic mass is 16.6. The minimum absolute atomic E-state index is 0.0372. The van der Waals surface area contributed by atoms with Gasteiger partial charge in [-0.1, -0.05) is 63.2 Å². The summed E-state index contributed by atoms with van der Waals surface area (Å²) in [5.74, 6) is -2.21. The molecule has 4 aliphatic carbocycles. The standard InChI is InChI=1S/C33H36O8/c1-18-14-23-25(31(23,2)3)22-15-21(17-40-29(37)19-10-6-4-7-11-19)26(34)33(39)28(36)24(16-32(18,33)27(22)35)41-30(38)20-12-8-5-9-13-20/h4-13,15-16,18,22-23,25-28,34-36,39H,14,17H2,1-3H3/t18-,22+,23-,25+,26-,27?,28+,32?,33+/m1/s1. The molecule has 2 bridgehead atoms. The number of benzene rings is 2. The highest BCUT2D eigenvalue weighted by Crippen LogP contribution is 2.72. The van der Waals surface area contributed by atoms with Crippen LogP contribution in [0.2, 0.25) is 0 Å². The van der Waals surface area contributed by atoms with Gasteiger partial charge in [-0.25, -0.2) is 9.59 Å². The number of aliphatic hydroxyl groups is 4. The smallest absolute Gasteiger partial charge is 0.343 e. The fourth-order valence-electron chi connectivity index (χ4n) is 8.09. The van der Waals surface area contributed by atoms with E-state index in [-0.39, 0.29) is 40.8 Å². The number of carbonyl (C=O) groups excluding carboxylic acids is 2. The van der Waals surface area contributed by atoms with E-state index in [9.17, 15) is 30.0 Å². The molecule has 8 heteroatoms. The molecule has 1 spiro atoms. The molecule has 4 aliphatic rings. The van der Waals surface area contributed by atoms with Gasteiger partial charge in [0.15, 0.2) is 0 Å². The lowest BCUT2D eigenvalue weighted by Crippen LogP contribution is -2.66. The minimum Gasteiger partial charge on any atom is -0.457 e. The number of rotatable bonds is 5. The zero-order chi connectivity index (χ0) is 29.3. The van der Waals surface area contributed by atoms with Gasteiger partial charge in [0, 0.05) is 5.92 Å². The van der Waals surface area contributed by atoms with E-state index in [4.69, 9.17) is 9.47 Å². The first-order chi connectivity index (χ1) is 19.4. The maximum Gasteiger partial charge on any atom is 0.343 e. The Morgan fingerprint density at radius 3 is 2.10 bits per heavy atom. The predicted molar refractivity (Wildman–Crippen MR) is 148 cm³/mol. The van der Waals surface area contributed by atoms with E-state index < -0.39 is 53.1 Å². The summed E-state index contributed by atoms with van der Waals surface area (Å²) in [7, 11) is 0. The van der Waals surface area contributed by atoms with Gasteiger partial charge in [-0.15, -0.1) is 0 Å². The molecule has 216 valence electrons. The molecule has 0 radical (unpaired) electrons. The fraction of sp³-hybridized carbons (Fsp3) is 0.455. The van der Waals surface area contributed by atoms with Crippen molar-refractivity contribution in [2.24, 2.45) is 34.5 Å². The Balaban J connectivity index is 1.41. The summed E-state index contributed by atoms with van der Waals surface area (Å²) >= 11 is 0. The normalized spacial score (nSPS) is 38.3. The van der Waals surface area contributed by atoms with Crippen LogP contribution in [0, 0.1) is 34.5 Å². The van der Waals surface area contributed by atoms with Crippen molar-refractivity contribution in [3.05, 3.63) is 95.3 Å². The summed E-state index contributed by atoms with van der Waals surface area (Å²) in [6, 6.07) is 16.7. The zero-order valence-corrected chi connectivity index (χ0v) is 23.3. The van der Waals surface area contributed by atoms with E-state index >= 15 is 0 Å². The summed E-state index contributed by atoms with van der Waals surface area (Å²) in [6.45, 7) is 5.82. The second kappa shape index (κ2) is 9.63. The van der Waals surface area contributed by atoms with Crippen molar-refractivity contribution in [3.63, 3.8) is 0 Å². The first-order valence-corrected chi connectivity index (χ1v) is 14.1. The van der Waals surface area contributed by atoms with Crippen molar-refractivity contribution in [1.29, 1.82) is 0 Å². The van der Waals surface area contributed by atoms with Crippen LogP contribution >= 0.6 is 0 Å². The molecule has 4 N–H and O–H groups in total. The van der Waals surface area contributed by atoms with E-state index in [1.54, 1.807) is 66.7 Å². The van der Waals surface area contributed by atoms with Gasteiger partial charge < -0.3 is 29.9 Å². The number of hydrogen-bond acceptors (Lipinski definition) is 8. The van der Waals surface area contributed by atoms with Crippen molar-refractivity contribution in [3.8, 4) is 0 Å². The molecule has 9 atom stereocenters. The Hall–Kier alpha value is -3.30. The van der Waals surface area contributed by atoms with E-state index in [0.29, 0.717) is 12.0 Å². The second-order valence-corrected chi connectivity index (χ2v) is 12.7. The lowest BCUT2D eigenvalue weighted by molar-refractivity contribution is -0.218. The molecule has 2 saturated carbocycles. The van der Waals surface area contributed by atoms with Crippen molar-refractivity contribution < 1.29 is 39.5 Å². The third-order valence-corrected chi connectivity index (χ3v) is 10.4. The van der Waals surface area contributed by atoms with Crippen LogP contribution in [-0.2, 0) is 9.47 Å². The SMILES string of the molecule is C[C@@H]1C[C@@H]2[C@H]([C@@H]3C=C(COC(=O)c4ccccc4)[C@@H](O)[C@]4(O)[C@@H](O)C(OC(=O)c5ccccc5)=CC14C3O)C2(C)C. The predicted octanol–water partition coefficient (Wildman–Crippen LogP) is 3.27. The maximum absolute atomic E-state index is 13.0. The van der Waals surface area contributed by atoms with Gasteiger partial charge in [0.1, 0.15) is 30.2 Å². The Kier molecular flexibility index (Phi) is 6.54. The first-order valence-electron chi connectivity index (χ1n) is 14.1. The van der Waals surface area contributed by atoms with Gasteiger partial charge in [0.2, 0.25) is 0 Å². The Morgan fingerprint density at radius 1 is 0.902 bits per heavy atom. The highest BCUT2D eigenvalue weighted by molar-refractivity contribution is 5.90. The van der Waals surface area contributed by atoms with Gasteiger partial charge in [-0.3, -0.25) is 0 Å². The third kappa shape index (κ3) is 3.96. The quantitative estimate of drug-likeness (QED) is 0.324. The summed E-state index contributed by atoms with van der Waals surface area (Å²) in [5, 5.41) is 48.0. The highest BCUT2D eigenvalue weighted by Gasteiger charge is 2.76. The Morgan fingerprint density at radius 2 is 1.49 bits per heavy atom. The molecule has 0 aromatic heterocycles. The molecule has 0 heterocycles. The third-order valence-electron chi connectivity index (χ3n) is 10.4. The van der Waals surface area contributed by atoms with E-state index in [1.165, 1.54) is 6.08 Å². The van der Waals surface area contributed by atoms with E-state index in [1.807, 2.05) is 6.92 Å². The van der Waals surface area contributed by atoms with Crippen LogP contribution in [0.25, 0.3) is 0 Å². The van der Waals surface area contributed by atoms with Crippen LogP contribution in [-0.4, -0.2) is 62.9 Å². The number of aliphatic hydroxyl groups excluding tert-OH is 3. The van der Waals surface area contributed by atoms with Crippen molar-refractivity contribution in [1.82, 2.24) is 0 Å². The average molecular weight is 561 g/mol. The van der Waals surface area contributed by atoms with Gasteiger partial charge in [0.25, 0.3) is 0 Å². The first kappa shape index (κ1) is 27.8. The molecular formula is C33H36O8. The lowest BCUT2D eigenvalue weighted by Gasteiger charge is -2.51. The van der Waals surface area contributed by atoms with Crippen molar-refractivity contribution >= 4 is 11.9 Å². The second-order valence-electron chi connectivity index (χ2n) is 12.7.